The van der Waals surface area contributed by atoms with Crippen LogP contribution in [0, 0.1) is 34.5 Å². The Bertz CT molecular complexity index is 392. The Hall–Kier alpha value is 0. The summed E-state index contributed by atoms with van der Waals surface area (Å²) in [5.74, 6) is 4.38. The first-order chi connectivity index (χ1) is 13.7. The zero-order chi connectivity index (χ0) is 19.5. The molecule has 0 aliphatic heterocycles. The summed E-state index contributed by atoms with van der Waals surface area (Å²) in [6.45, 7) is 4.72. The molecule has 0 nitrogen and oxygen atoms in total. The van der Waals surface area contributed by atoms with Gasteiger partial charge in [-0.25, -0.2) is 0 Å². The van der Waals surface area contributed by atoms with Gasteiger partial charge in [0.15, 0.2) is 0 Å². The van der Waals surface area contributed by atoms with Gasteiger partial charge in [-0.1, -0.05) is 78.1 Å². The monoisotopic (exact) mass is 386 g/mol. The van der Waals surface area contributed by atoms with Gasteiger partial charge in [-0.15, -0.1) is 0 Å². The van der Waals surface area contributed by atoms with E-state index in [9.17, 15) is 0 Å². The highest BCUT2D eigenvalue weighted by Crippen LogP contribution is 2.66. The molecule has 0 aromatic heterocycles. The molecule has 5 aliphatic rings. The lowest BCUT2D eigenvalue weighted by molar-refractivity contribution is -0.0960. The van der Waals surface area contributed by atoms with Crippen LogP contribution in [0.1, 0.15) is 142 Å². The van der Waals surface area contributed by atoms with Crippen molar-refractivity contribution in [1.82, 2.24) is 0 Å². The predicted molar refractivity (Wildman–Crippen MR) is 123 cm³/mol. The smallest absolute Gasteiger partial charge is 0.0269 e. The van der Waals surface area contributed by atoms with Crippen LogP contribution in [-0.4, -0.2) is 0 Å². The molecule has 0 amide bonds. The molecule has 5 fully saturated rings. The molecule has 0 aromatic rings. The van der Waals surface area contributed by atoms with Crippen molar-refractivity contribution in [3.05, 3.63) is 0 Å². The lowest BCUT2D eigenvalue weighted by Crippen LogP contribution is -2.49. The zero-order valence-electron chi connectivity index (χ0n) is 19.5. The molecule has 0 aromatic carbocycles. The molecule has 5 rings (SSSR count). The van der Waals surface area contributed by atoms with E-state index < -0.39 is 0 Å². The van der Waals surface area contributed by atoms with Crippen molar-refractivity contribution in [3.63, 3.8) is 0 Å². The first kappa shape index (κ1) is 21.2. The first-order valence-electron chi connectivity index (χ1n) is 13.7. The summed E-state index contributed by atoms with van der Waals surface area (Å²) in [6, 6.07) is 0. The summed E-state index contributed by atoms with van der Waals surface area (Å²) in [5.41, 5.74) is 1.60. The number of fused-ring (bicyclic) bond motifs is 3. The molecule has 2 bridgehead atoms. The van der Waals surface area contributed by atoms with E-state index in [1.807, 2.05) is 0 Å². The van der Waals surface area contributed by atoms with Crippen LogP contribution < -0.4 is 0 Å². The summed E-state index contributed by atoms with van der Waals surface area (Å²) in [4.78, 5) is 0. The first-order valence-corrected chi connectivity index (χ1v) is 13.7. The van der Waals surface area contributed by atoms with Crippen LogP contribution in [0.5, 0.6) is 0 Å². The second kappa shape index (κ2) is 9.43. The average molecular weight is 387 g/mol. The van der Waals surface area contributed by atoms with Crippen molar-refractivity contribution in [2.24, 2.45) is 34.5 Å². The third-order valence-corrected chi connectivity index (χ3v) is 10.7. The Morgan fingerprint density at radius 1 is 0.500 bits per heavy atom. The van der Waals surface area contributed by atoms with Gasteiger partial charge in [-0.05, 0) is 98.7 Å². The van der Waals surface area contributed by atoms with Gasteiger partial charge in [0.05, 0.1) is 0 Å². The second-order valence-corrected chi connectivity index (χ2v) is 11.9. The Kier molecular flexibility index (Phi) is 7.15. The molecule has 5 aliphatic carbocycles. The SMILES string of the molecule is CCCCC1CCC(C23CCC(C4CCC(CCCC)CC4)(CC2)CC3)CC1. The Balaban J connectivity index is 1.26. The van der Waals surface area contributed by atoms with Gasteiger partial charge in [0.2, 0.25) is 0 Å². The predicted octanol–water partition coefficient (Wildman–Crippen LogP) is 9.32. The van der Waals surface area contributed by atoms with Gasteiger partial charge in [0, 0.05) is 0 Å². The molecule has 0 saturated heterocycles. The fraction of sp³-hybridized carbons (Fsp3) is 1.00. The minimum absolute atomic E-state index is 0.801. The van der Waals surface area contributed by atoms with E-state index in [0.29, 0.717) is 0 Å². The fourth-order valence-corrected chi connectivity index (χ4v) is 8.58. The summed E-state index contributed by atoms with van der Waals surface area (Å²) >= 11 is 0. The summed E-state index contributed by atoms with van der Waals surface area (Å²) in [5, 5.41) is 0. The Morgan fingerprint density at radius 2 is 0.821 bits per heavy atom. The van der Waals surface area contributed by atoms with Gasteiger partial charge in [0.25, 0.3) is 0 Å². The summed E-state index contributed by atoms with van der Waals surface area (Å²) in [7, 11) is 0. The third-order valence-electron chi connectivity index (χ3n) is 10.7. The lowest BCUT2D eigenvalue weighted by Gasteiger charge is -2.60. The van der Waals surface area contributed by atoms with Crippen LogP contribution in [0.25, 0.3) is 0 Å². The van der Waals surface area contributed by atoms with E-state index in [1.54, 1.807) is 89.9 Å². The molecule has 5 saturated carbocycles. The molecule has 0 heterocycles. The molecule has 0 spiro atoms. The maximum atomic E-state index is 2.36. The van der Waals surface area contributed by atoms with Crippen molar-refractivity contribution >= 4 is 0 Å². The van der Waals surface area contributed by atoms with Crippen molar-refractivity contribution in [2.75, 3.05) is 0 Å². The highest BCUT2D eigenvalue weighted by molar-refractivity contribution is 5.05. The minimum Gasteiger partial charge on any atom is -0.0654 e. The molecule has 0 N–H and O–H groups in total. The second-order valence-electron chi connectivity index (χ2n) is 11.9. The highest BCUT2D eigenvalue weighted by atomic mass is 14.6. The zero-order valence-corrected chi connectivity index (χ0v) is 19.5. The van der Waals surface area contributed by atoms with Gasteiger partial charge in [-0.2, -0.15) is 0 Å². The van der Waals surface area contributed by atoms with E-state index in [1.165, 1.54) is 38.5 Å². The van der Waals surface area contributed by atoms with Crippen LogP contribution in [0.15, 0.2) is 0 Å². The van der Waals surface area contributed by atoms with Gasteiger partial charge in [-0.3, -0.25) is 0 Å². The molecule has 0 radical (unpaired) electrons. The van der Waals surface area contributed by atoms with E-state index in [2.05, 4.69) is 13.8 Å². The van der Waals surface area contributed by atoms with E-state index >= 15 is 0 Å². The number of rotatable bonds is 8. The largest absolute Gasteiger partial charge is 0.0654 e. The van der Waals surface area contributed by atoms with Crippen molar-refractivity contribution < 1.29 is 0 Å². The fourth-order valence-electron chi connectivity index (χ4n) is 8.58. The van der Waals surface area contributed by atoms with Crippen molar-refractivity contribution in [1.29, 1.82) is 0 Å². The number of hydrogen-bond donors (Lipinski definition) is 0. The molecule has 28 heavy (non-hydrogen) atoms. The van der Waals surface area contributed by atoms with Gasteiger partial charge >= 0.3 is 0 Å². The topological polar surface area (TPSA) is 0 Å². The molecule has 0 unspecified atom stereocenters. The number of hydrogen-bond acceptors (Lipinski definition) is 0. The normalized spacial score (nSPS) is 43.9. The average Bonchev–Trinajstić information content (AvgIpc) is 2.78. The van der Waals surface area contributed by atoms with Gasteiger partial charge < -0.3 is 0 Å². The maximum absolute atomic E-state index is 2.36. The third kappa shape index (κ3) is 4.37. The number of unbranched alkanes of at least 4 members (excludes halogenated alkanes) is 2. The summed E-state index contributed by atoms with van der Waals surface area (Å²) < 4.78 is 0. The molecule has 162 valence electrons. The molecular weight excluding hydrogens is 336 g/mol. The minimum atomic E-state index is 0.801. The molecule has 0 atom stereocenters. The highest BCUT2D eigenvalue weighted by Gasteiger charge is 2.54. The van der Waals surface area contributed by atoms with E-state index in [-0.39, 0.29) is 0 Å². The quantitative estimate of drug-likeness (QED) is 0.390. The van der Waals surface area contributed by atoms with Crippen molar-refractivity contribution in [2.45, 2.75) is 142 Å². The summed E-state index contributed by atoms with van der Waals surface area (Å²) in [6.07, 6.45) is 31.1. The van der Waals surface area contributed by atoms with Crippen molar-refractivity contribution in [3.8, 4) is 0 Å². The lowest BCUT2D eigenvalue weighted by atomic mass is 9.45. The van der Waals surface area contributed by atoms with E-state index in [4.69, 9.17) is 0 Å². The molecular formula is C28H50. The van der Waals surface area contributed by atoms with Crippen LogP contribution in [0.4, 0.5) is 0 Å². The standard InChI is InChI=1S/C28H50/c1-3-5-7-23-9-13-25(14-10-23)27-17-20-28(21-18-27,22-19-27)26-15-11-24(12-16-26)8-6-4-2/h23-26H,3-22H2,1-2H3. The van der Waals surface area contributed by atoms with Crippen LogP contribution >= 0.6 is 0 Å². The Morgan fingerprint density at radius 3 is 1.11 bits per heavy atom. The van der Waals surface area contributed by atoms with Crippen LogP contribution in [0.3, 0.4) is 0 Å². The van der Waals surface area contributed by atoms with E-state index in [0.717, 1.165) is 34.5 Å². The maximum Gasteiger partial charge on any atom is -0.0269 e. The van der Waals surface area contributed by atoms with Crippen LogP contribution in [0.2, 0.25) is 0 Å². The Labute approximate surface area is 177 Å². The molecule has 0 heteroatoms. The van der Waals surface area contributed by atoms with Gasteiger partial charge in [0.1, 0.15) is 0 Å². The van der Waals surface area contributed by atoms with Crippen LogP contribution in [-0.2, 0) is 0 Å².